The van der Waals surface area contributed by atoms with Crippen LogP contribution in [0, 0.1) is 6.92 Å². The van der Waals surface area contributed by atoms with Crippen molar-refractivity contribution in [3.63, 3.8) is 0 Å². The number of hydrogen-bond donors (Lipinski definition) is 0. The number of aryl methyl sites for hydroxylation is 3. The number of hydrogen-bond acceptors (Lipinski definition) is 1. The van der Waals surface area contributed by atoms with Gasteiger partial charge in [0.1, 0.15) is 0 Å². The van der Waals surface area contributed by atoms with Crippen LogP contribution in [0.5, 0.6) is 0 Å². The predicted octanol–water partition coefficient (Wildman–Crippen LogP) is 4.09. The van der Waals surface area contributed by atoms with Gasteiger partial charge < -0.3 is 0 Å². The third-order valence-corrected chi connectivity index (χ3v) is 16.4. The van der Waals surface area contributed by atoms with Crippen molar-refractivity contribution in [3.8, 4) is 0 Å². The quantitative estimate of drug-likeness (QED) is 0.363. The van der Waals surface area contributed by atoms with Gasteiger partial charge in [0.15, 0.2) is 0 Å². The molecular weight excluding hydrogens is 547 g/mol. The maximum atomic E-state index is 2.46. The van der Waals surface area contributed by atoms with Gasteiger partial charge in [0.25, 0.3) is 0 Å². The summed E-state index contributed by atoms with van der Waals surface area (Å²) in [4.78, 5) is 2.43. The fraction of sp³-hybridized carbons (Fsp3) is 0.333. The van der Waals surface area contributed by atoms with E-state index in [1.54, 1.807) is 9.81 Å². The molecule has 0 bridgehead atoms. The van der Waals surface area contributed by atoms with Gasteiger partial charge in [-0.05, 0) is 0 Å². The van der Waals surface area contributed by atoms with Crippen molar-refractivity contribution in [1.29, 1.82) is 0 Å². The van der Waals surface area contributed by atoms with Crippen LogP contribution in [0.3, 0.4) is 0 Å². The summed E-state index contributed by atoms with van der Waals surface area (Å²) >= 11 is -2.44. The minimum atomic E-state index is -2.44. The second kappa shape index (κ2) is 10.5. The second-order valence-electron chi connectivity index (χ2n) is 7.76. The standard InChI is InChI=1S/C11H16N.2C8H9.Bi/c1-4-12(3)9-11-7-5-6-10(2)8-11;2*1-2-8-6-4-3-5-7-8;/h5-6,8H,4,9H2,1-3H3;2*3-6H,2H2,1H3;. The van der Waals surface area contributed by atoms with Crippen molar-refractivity contribution in [1.82, 2.24) is 4.90 Å². The van der Waals surface area contributed by atoms with Crippen LogP contribution in [0.2, 0.25) is 0 Å². The summed E-state index contributed by atoms with van der Waals surface area (Å²) in [5.41, 5.74) is 5.96. The van der Waals surface area contributed by atoms with Crippen molar-refractivity contribution in [3.05, 3.63) is 89.0 Å². The van der Waals surface area contributed by atoms with Gasteiger partial charge in [-0.1, -0.05) is 0 Å². The molecule has 0 amide bonds. The molecule has 0 aliphatic heterocycles. The normalized spacial score (nSPS) is 11.4. The second-order valence-corrected chi connectivity index (χ2v) is 16.0. The van der Waals surface area contributed by atoms with Crippen molar-refractivity contribution >= 4 is 31.6 Å². The van der Waals surface area contributed by atoms with Gasteiger partial charge in [0, 0.05) is 0 Å². The molecule has 0 aromatic heterocycles. The molecule has 3 aromatic carbocycles. The summed E-state index contributed by atoms with van der Waals surface area (Å²) in [6.07, 6.45) is 2.21. The van der Waals surface area contributed by atoms with Gasteiger partial charge in [0.05, 0.1) is 0 Å². The molecule has 0 atom stereocenters. The molecule has 0 spiro atoms. The molecule has 0 aliphatic rings. The molecular formula is C27H34BiN. The van der Waals surface area contributed by atoms with Crippen LogP contribution in [-0.4, -0.2) is 40.2 Å². The average molecular weight is 582 g/mol. The fourth-order valence-electron chi connectivity index (χ4n) is 3.91. The molecule has 2 heteroatoms. The first-order valence-electron chi connectivity index (χ1n) is 10.8. The van der Waals surface area contributed by atoms with Crippen molar-refractivity contribution < 1.29 is 0 Å². The molecule has 0 fully saturated rings. The Bertz CT molecular complexity index is 899. The molecule has 0 aliphatic carbocycles. The van der Waals surface area contributed by atoms with Gasteiger partial charge in [-0.2, -0.15) is 0 Å². The Morgan fingerprint density at radius 2 is 1.21 bits per heavy atom. The van der Waals surface area contributed by atoms with Crippen molar-refractivity contribution in [2.75, 3.05) is 13.6 Å². The van der Waals surface area contributed by atoms with Crippen LogP contribution in [0.25, 0.3) is 0 Å². The predicted molar refractivity (Wildman–Crippen MR) is 129 cm³/mol. The monoisotopic (exact) mass is 581 g/mol. The molecule has 29 heavy (non-hydrogen) atoms. The summed E-state index contributed by atoms with van der Waals surface area (Å²) in [6.45, 7) is 11.2. The van der Waals surface area contributed by atoms with Crippen LogP contribution < -0.4 is 9.81 Å². The number of benzene rings is 3. The van der Waals surface area contributed by atoms with Crippen LogP contribution in [0.1, 0.15) is 43.0 Å². The summed E-state index contributed by atoms with van der Waals surface area (Å²) in [5, 5.41) is 0. The molecule has 152 valence electrons. The zero-order chi connectivity index (χ0) is 20.8. The third kappa shape index (κ3) is 5.17. The molecule has 0 saturated carbocycles. The zero-order valence-electron chi connectivity index (χ0n) is 18.6. The van der Waals surface area contributed by atoms with Gasteiger partial charge in [-0.3, -0.25) is 0 Å². The molecule has 3 aromatic rings. The summed E-state index contributed by atoms with van der Waals surface area (Å²) < 4.78 is 4.94. The Hall–Kier alpha value is -1.50. The minimum absolute atomic E-state index is 1.03. The Morgan fingerprint density at radius 3 is 1.72 bits per heavy atom. The molecule has 0 saturated heterocycles. The molecule has 3 rings (SSSR count). The molecule has 1 nitrogen and oxygen atoms in total. The van der Waals surface area contributed by atoms with E-state index in [-0.39, 0.29) is 0 Å². The van der Waals surface area contributed by atoms with E-state index in [0.717, 1.165) is 25.9 Å². The third-order valence-electron chi connectivity index (χ3n) is 5.68. The summed E-state index contributed by atoms with van der Waals surface area (Å²) in [6, 6.07) is 25.7. The van der Waals surface area contributed by atoms with E-state index < -0.39 is 21.8 Å². The number of rotatable bonds is 8. The van der Waals surface area contributed by atoms with Crippen LogP contribution in [0.4, 0.5) is 0 Å². The van der Waals surface area contributed by atoms with Crippen LogP contribution in [0.15, 0.2) is 66.7 Å². The van der Waals surface area contributed by atoms with Crippen molar-refractivity contribution in [2.45, 2.75) is 47.1 Å². The maximum absolute atomic E-state index is 2.46. The van der Waals surface area contributed by atoms with Gasteiger partial charge in [-0.15, -0.1) is 0 Å². The molecule has 0 N–H and O–H groups in total. The van der Waals surface area contributed by atoms with Crippen LogP contribution >= 0.6 is 0 Å². The molecule has 0 unspecified atom stereocenters. The Balaban J connectivity index is 2.27. The van der Waals surface area contributed by atoms with E-state index in [1.807, 2.05) is 0 Å². The Kier molecular flexibility index (Phi) is 8.04. The number of nitrogens with zero attached hydrogens (tertiary/aromatic N) is 1. The fourth-order valence-corrected chi connectivity index (χ4v) is 15.3. The SMILES string of the molecule is CCc1cccc[c]1[Bi]([c]1ccccc1CC)[c]1ccc(C)cc1CN(C)CC. The van der Waals surface area contributed by atoms with E-state index >= 15 is 0 Å². The van der Waals surface area contributed by atoms with Gasteiger partial charge in [0.2, 0.25) is 0 Å². The average Bonchev–Trinajstić information content (AvgIpc) is 2.76. The Morgan fingerprint density at radius 1 is 0.690 bits per heavy atom. The van der Waals surface area contributed by atoms with Crippen molar-refractivity contribution in [2.24, 2.45) is 0 Å². The first-order chi connectivity index (χ1) is 14.1. The first-order valence-corrected chi connectivity index (χ1v) is 16.0. The topological polar surface area (TPSA) is 3.24 Å². The van der Waals surface area contributed by atoms with Gasteiger partial charge in [-0.25, -0.2) is 0 Å². The summed E-state index contributed by atoms with van der Waals surface area (Å²) in [7, 11) is 2.23. The van der Waals surface area contributed by atoms with E-state index in [1.165, 1.54) is 22.3 Å². The van der Waals surface area contributed by atoms with Crippen LogP contribution in [-0.2, 0) is 19.4 Å². The van der Waals surface area contributed by atoms with Gasteiger partial charge >= 0.3 is 186 Å². The molecule has 0 heterocycles. The van der Waals surface area contributed by atoms with E-state index in [9.17, 15) is 0 Å². The Labute approximate surface area is 185 Å². The first kappa shape index (κ1) is 22.2. The van der Waals surface area contributed by atoms with E-state index in [4.69, 9.17) is 0 Å². The summed E-state index contributed by atoms with van der Waals surface area (Å²) in [5.74, 6) is 0. The van der Waals surface area contributed by atoms with E-state index in [2.05, 4.69) is 106 Å². The zero-order valence-corrected chi connectivity index (χ0v) is 22.1. The van der Waals surface area contributed by atoms with E-state index in [0.29, 0.717) is 0 Å². The molecule has 0 radical (unpaired) electrons.